The number of aromatic nitrogens is 5. The van der Waals surface area contributed by atoms with Crippen molar-refractivity contribution in [1.82, 2.24) is 24.9 Å². The normalized spacial score (nSPS) is 10.8. The summed E-state index contributed by atoms with van der Waals surface area (Å²) in [4.78, 5) is 20.2. The minimum absolute atomic E-state index is 0.124. The van der Waals surface area contributed by atoms with Crippen LogP contribution in [0.1, 0.15) is 5.82 Å². The summed E-state index contributed by atoms with van der Waals surface area (Å²) >= 11 is 7.32. The van der Waals surface area contributed by atoms with Crippen LogP contribution in [0.2, 0.25) is 5.02 Å². The fourth-order valence-electron chi connectivity index (χ4n) is 2.51. The number of H-pyrrole nitrogens is 1. The number of aromatic amines is 1. The largest absolute Gasteiger partial charge is 0.368 e. The molecule has 4 rings (SSSR count). The molecule has 0 atom stereocenters. The lowest BCUT2D eigenvalue weighted by molar-refractivity contribution is 0.628. The number of nitrogens with two attached hydrogens (primary N) is 1. The predicted octanol–water partition coefficient (Wildman–Crippen LogP) is 4.67. The van der Waals surface area contributed by atoms with Gasteiger partial charge in [0, 0.05) is 10.7 Å². The summed E-state index contributed by atoms with van der Waals surface area (Å²) in [5.41, 5.74) is 8.25. The van der Waals surface area contributed by atoms with Crippen LogP contribution in [0, 0.1) is 5.82 Å². The van der Waals surface area contributed by atoms with E-state index in [0.717, 1.165) is 16.9 Å². The third kappa shape index (κ3) is 5.01. The minimum atomic E-state index is -0.279. The highest BCUT2D eigenvalue weighted by Gasteiger charge is 2.09. The number of anilines is 3. The Morgan fingerprint density at radius 1 is 1.03 bits per heavy atom. The monoisotopic (exact) mass is 427 g/mol. The van der Waals surface area contributed by atoms with Gasteiger partial charge in [0.15, 0.2) is 5.16 Å². The molecule has 0 bridgehead atoms. The van der Waals surface area contributed by atoms with Crippen molar-refractivity contribution in [1.29, 1.82) is 0 Å². The number of nitrogens with zero attached hydrogens (tertiary/aromatic N) is 4. The fourth-order valence-corrected chi connectivity index (χ4v) is 3.34. The van der Waals surface area contributed by atoms with Crippen molar-refractivity contribution < 1.29 is 4.39 Å². The van der Waals surface area contributed by atoms with Gasteiger partial charge in [-0.15, -0.1) is 0 Å². The smallest absolute Gasteiger partial charge is 0.232 e. The van der Waals surface area contributed by atoms with Gasteiger partial charge in [-0.25, -0.2) is 9.37 Å². The van der Waals surface area contributed by atoms with Gasteiger partial charge in [0.25, 0.3) is 0 Å². The first kappa shape index (κ1) is 19.2. The highest BCUT2D eigenvalue weighted by molar-refractivity contribution is 7.98. The molecule has 0 spiro atoms. The number of halogens is 2. The molecule has 146 valence electrons. The molecule has 10 heteroatoms. The molecule has 29 heavy (non-hydrogen) atoms. The number of imidazole rings is 1. The van der Waals surface area contributed by atoms with Crippen molar-refractivity contribution in [2.45, 2.75) is 10.9 Å². The van der Waals surface area contributed by atoms with Crippen LogP contribution in [0.25, 0.3) is 11.3 Å². The lowest BCUT2D eigenvalue weighted by Gasteiger charge is -2.07. The summed E-state index contributed by atoms with van der Waals surface area (Å²) in [5, 5.41) is 4.41. The van der Waals surface area contributed by atoms with Gasteiger partial charge in [-0.2, -0.15) is 15.0 Å². The van der Waals surface area contributed by atoms with E-state index in [-0.39, 0.29) is 11.8 Å². The van der Waals surface area contributed by atoms with Crippen LogP contribution >= 0.6 is 23.4 Å². The van der Waals surface area contributed by atoms with E-state index in [4.69, 9.17) is 17.3 Å². The third-order valence-electron chi connectivity index (χ3n) is 3.85. The SMILES string of the molecule is Nc1nc(CSc2ncc(-c3ccc(F)cc3)[nH]2)nc(Nc2ccc(Cl)cc2)n1. The summed E-state index contributed by atoms with van der Waals surface area (Å²) in [6, 6.07) is 13.4. The van der Waals surface area contributed by atoms with Crippen molar-refractivity contribution in [3.63, 3.8) is 0 Å². The van der Waals surface area contributed by atoms with Gasteiger partial charge in [-0.05, 0) is 54.1 Å². The van der Waals surface area contributed by atoms with E-state index in [1.54, 1.807) is 30.5 Å². The molecule has 0 unspecified atom stereocenters. The van der Waals surface area contributed by atoms with Crippen molar-refractivity contribution in [3.8, 4) is 11.3 Å². The summed E-state index contributed by atoms with van der Waals surface area (Å²) in [6.07, 6.45) is 1.70. The van der Waals surface area contributed by atoms with E-state index in [9.17, 15) is 4.39 Å². The Morgan fingerprint density at radius 2 is 1.79 bits per heavy atom. The Morgan fingerprint density at radius 3 is 2.55 bits per heavy atom. The van der Waals surface area contributed by atoms with E-state index >= 15 is 0 Å². The number of nitrogens with one attached hydrogen (secondary N) is 2. The van der Waals surface area contributed by atoms with E-state index in [1.165, 1.54) is 23.9 Å². The Kier molecular flexibility index (Phi) is 5.59. The first-order valence-corrected chi connectivity index (χ1v) is 9.88. The molecule has 0 radical (unpaired) electrons. The first-order chi connectivity index (χ1) is 14.0. The Labute approximate surface area is 175 Å². The van der Waals surface area contributed by atoms with Gasteiger partial charge in [-0.3, -0.25) is 0 Å². The zero-order chi connectivity index (χ0) is 20.2. The Bertz CT molecular complexity index is 1120. The van der Waals surface area contributed by atoms with E-state index in [2.05, 4.69) is 30.2 Å². The summed E-state index contributed by atoms with van der Waals surface area (Å²) in [7, 11) is 0. The molecule has 0 fully saturated rings. The van der Waals surface area contributed by atoms with Crippen LogP contribution < -0.4 is 11.1 Å². The Balaban J connectivity index is 1.44. The summed E-state index contributed by atoms with van der Waals surface area (Å²) in [6.45, 7) is 0. The van der Waals surface area contributed by atoms with Crippen molar-refractivity contribution in [3.05, 3.63) is 71.4 Å². The van der Waals surface area contributed by atoms with Crippen LogP contribution in [0.15, 0.2) is 59.9 Å². The van der Waals surface area contributed by atoms with Crippen LogP contribution in [0.5, 0.6) is 0 Å². The first-order valence-electron chi connectivity index (χ1n) is 8.52. The number of rotatable bonds is 6. The Hall–Kier alpha value is -3.17. The number of hydrogen-bond acceptors (Lipinski definition) is 7. The molecular weight excluding hydrogens is 413 g/mol. The third-order valence-corrected chi connectivity index (χ3v) is 4.98. The van der Waals surface area contributed by atoms with Crippen LogP contribution in [0.4, 0.5) is 22.0 Å². The molecule has 0 saturated carbocycles. The molecule has 2 aromatic carbocycles. The lowest BCUT2D eigenvalue weighted by atomic mass is 10.2. The number of nitrogen functional groups attached to an aromatic ring is 1. The van der Waals surface area contributed by atoms with Gasteiger partial charge < -0.3 is 16.0 Å². The average Bonchev–Trinajstić information content (AvgIpc) is 3.17. The summed E-state index contributed by atoms with van der Waals surface area (Å²) < 4.78 is 13.1. The van der Waals surface area contributed by atoms with E-state index in [0.29, 0.717) is 27.7 Å². The van der Waals surface area contributed by atoms with Gasteiger partial charge in [0.2, 0.25) is 11.9 Å². The van der Waals surface area contributed by atoms with Gasteiger partial charge in [0.1, 0.15) is 11.6 Å². The minimum Gasteiger partial charge on any atom is -0.368 e. The molecule has 2 aromatic heterocycles. The van der Waals surface area contributed by atoms with E-state index in [1.807, 2.05) is 12.1 Å². The van der Waals surface area contributed by atoms with Gasteiger partial charge in [-0.1, -0.05) is 23.4 Å². The van der Waals surface area contributed by atoms with Crippen molar-refractivity contribution in [2.24, 2.45) is 0 Å². The second-order valence-electron chi connectivity index (χ2n) is 5.96. The van der Waals surface area contributed by atoms with Gasteiger partial charge in [0.05, 0.1) is 17.6 Å². The maximum Gasteiger partial charge on any atom is 0.232 e. The standard InChI is InChI=1S/C19H15ClFN7S/c20-12-3-7-14(8-4-12)24-18-27-16(26-17(22)28-18)10-29-19-23-9-15(25-19)11-1-5-13(21)6-2-11/h1-9H,10H2,(H,23,25)(H3,22,24,26,27,28). The molecule has 2 heterocycles. The van der Waals surface area contributed by atoms with Crippen LogP contribution in [0.3, 0.4) is 0 Å². The zero-order valence-electron chi connectivity index (χ0n) is 14.9. The molecule has 0 aliphatic carbocycles. The molecule has 0 saturated heterocycles. The molecular formula is C19H15ClFN7S. The quantitative estimate of drug-likeness (QED) is 0.384. The van der Waals surface area contributed by atoms with Gasteiger partial charge >= 0.3 is 0 Å². The molecule has 7 nitrogen and oxygen atoms in total. The number of thioether (sulfide) groups is 1. The van der Waals surface area contributed by atoms with Crippen LogP contribution in [-0.4, -0.2) is 24.9 Å². The topological polar surface area (TPSA) is 105 Å². The second kappa shape index (κ2) is 8.46. The highest BCUT2D eigenvalue weighted by atomic mass is 35.5. The second-order valence-corrected chi connectivity index (χ2v) is 7.36. The number of benzene rings is 2. The molecule has 0 aliphatic rings. The maximum atomic E-state index is 13.1. The van der Waals surface area contributed by atoms with E-state index < -0.39 is 0 Å². The predicted molar refractivity (Wildman–Crippen MR) is 113 cm³/mol. The molecule has 4 N–H and O–H groups in total. The molecule has 0 amide bonds. The highest BCUT2D eigenvalue weighted by Crippen LogP contribution is 2.24. The lowest BCUT2D eigenvalue weighted by Crippen LogP contribution is -2.06. The average molecular weight is 428 g/mol. The van der Waals surface area contributed by atoms with Crippen molar-refractivity contribution in [2.75, 3.05) is 11.1 Å². The zero-order valence-corrected chi connectivity index (χ0v) is 16.5. The van der Waals surface area contributed by atoms with Crippen molar-refractivity contribution >= 4 is 40.9 Å². The molecule has 0 aliphatic heterocycles. The maximum absolute atomic E-state index is 13.1. The molecule has 4 aromatic rings. The fraction of sp³-hybridized carbons (Fsp3) is 0.0526. The number of hydrogen-bond donors (Lipinski definition) is 3. The summed E-state index contributed by atoms with van der Waals surface area (Å²) in [5.74, 6) is 1.15. The van der Waals surface area contributed by atoms with Crippen LogP contribution in [-0.2, 0) is 5.75 Å².